The average Bonchev–Trinajstić information content (AvgIpc) is 2.56. The molecule has 0 atom stereocenters. The third-order valence-corrected chi connectivity index (χ3v) is 3.42. The van der Waals surface area contributed by atoms with Gasteiger partial charge in [0.15, 0.2) is 5.82 Å². The van der Waals surface area contributed by atoms with E-state index in [9.17, 15) is 0 Å². The van der Waals surface area contributed by atoms with Crippen molar-refractivity contribution in [1.29, 1.82) is 0 Å². The second-order valence-electron chi connectivity index (χ2n) is 5.50. The van der Waals surface area contributed by atoms with Crippen LogP contribution in [0.3, 0.4) is 0 Å². The highest BCUT2D eigenvalue weighted by molar-refractivity contribution is 5.54. The predicted octanol–water partition coefficient (Wildman–Crippen LogP) is 3.84. The van der Waals surface area contributed by atoms with Gasteiger partial charge in [0.1, 0.15) is 0 Å². The fourth-order valence-corrected chi connectivity index (χ4v) is 2.22. The third-order valence-electron chi connectivity index (χ3n) is 3.42. The molecule has 23 heavy (non-hydrogen) atoms. The lowest BCUT2D eigenvalue weighted by molar-refractivity contribution is 0.965. The van der Waals surface area contributed by atoms with Gasteiger partial charge >= 0.3 is 0 Å². The van der Waals surface area contributed by atoms with Crippen molar-refractivity contribution in [3.05, 3.63) is 71.4 Å². The van der Waals surface area contributed by atoms with Crippen molar-refractivity contribution in [2.24, 2.45) is 0 Å². The number of aromatic nitrogens is 3. The van der Waals surface area contributed by atoms with Gasteiger partial charge in [-0.05, 0) is 31.5 Å². The zero-order valence-electron chi connectivity index (χ0n) is 13.2. The molecule has 3 rings (SSSR count). The molecule has 1 heterocycles. The number of nitrogens with one attached hydrogen (secondary N) is 2. The van der Waals surface area contributed by atoms with Crippen molar-refractivity contribution in [3.63, 3.8) is 0 Å². The largest absolute Gasteiger partial charge is 0.365 e. The molecule has 0 aliphatic carbocycles. The van der Waals surface area contributed by atoms with E-state index in [1.165, 1.54) is 16.7 Å². The Balaban J connectivity index is 1.66. The van der Waals surface area contributed by atoms with E-state index in [4.69, 9.17) is 0 Å². The zero-order chi connectivity index (χ0) is 16.1. The van der Waals surface area contributed by atoms with Crippen LogP contribution in [0.5, 0.6) is 0 Å². The van der Waals surface area contributed by atoms with Gasteiger partial charge in [-0.25, -0.2) is 0 Å². The van der Waals surface area contributed by atoms with E-state index in [-0.39, 0.29) is 0 Å². The molecule has 1 aromatic heterocycles. The van der Waals surface area contributed by atoms with Gasteiger partial charge in [-0.15, -0.1) is 5.10 Å². The first-order valence-electron chi connectivity index (χ1n) is 7.52. The van der Waals surface area contributed by atoms with E-state index in [2.05, 4.69) is 63.9 Å². The maximum absolute atomic E-state index is 4.43. The van der Waals surface area contributed by atoms with Crippen LogP contribution in [0.25, 0.3) is 0 Å². The van der Waals surface area contributed by atoms with Crippen LogP contribution >= 0.6 is 0 Å². The van der Waals surface area contributed by atoms with Crippen LogP contribution in [0.15, 0.2) is 54.7 Å². The van der Waals surface area contributed by atoms with Gasteiger partial charge < -0.3 is 10.6 Å². The molecule has 0 amide bonds. The molecule has 2 aromatic carbocycles. The van der Waals surface area contributed by atoms with Crippen molar-refractivity contribution >= 4 is 17.5 Å². The molecular formula is C18H19N5. The zero-order valence-corrected chi connectivity index (χ0v) is 13.2. The van der Waals surface area contributed by atoms with E-state index >= 15 is 0 Å². The lowest BCUT2D eigenvalue weighted by Gasteiger charge is -2.08. The first-order valence-corrected chi connectivity index (χ1v) is 7.52. The minimum atomic E-state index is 0.475. The molecule has 0 aliphatic rings. The third kappa shape index (κ3) is 4.26. The van der Waals surface area contributed by atoms with Crippen molar-refractivity contribution in [3.8, 4) is 0 Å². The molecule has 0 fully saturated rings. The SMILES string of the molecule is Cc1ccc(Nc2nncc(NCc3cccc(C)c3)n2)cc1. The quantitative estimate of drug-likeness (QED) is 0.750. The molecule has 116 valence electrons. The van der Waals surface area contributed by atoms with Gasteiger partial charge in [0, 0.05) is 12.2 Å². The second kappa shape index (κ2) is 6.87. The molecule has 0 spiro atoms. The highest BCUT2D eigenvalue weighted by Gasteiger charge is 2.02. The maximum atomic E-state index is 4.43. The number of rotatable bonds is 5. The van der Waals surface area contributed by atoms with Crippen molar-refractivity contribution in [2.75, 3.05) is 10.6 Å². The topological polar surface area (TPSA) is 62.7 Å². The van der Waals surface area contributed by atoms with E-state index in [0.717, 1.165) is 5.69 Å². The van der Waals surface area contributed by atoms with Gasteiger partial charge in [-0.1, -0.05) is 47.5 Å². The average molecular weight is 305 g/mol. The van der Waals surface area contributed by atoms with Crippen LogP contribution in [0.4, 0.5) is 17.5 Å². The summed E-state index contributed by atoms with van der Waals surface area (Å²) >= 11 is 0. The Labute approximate surface area is 135 Å². The van der Waals surface area contributed by atoms with E-state index in [0.29, 0.717) is 18.3 Å². The fraction of sp³-hybridized carbons (Fsp3) is 0.167. The lowest BCUT2D eigenvalue weighted by atomic mass is 10.1. The van der Waals surface area contributed by atoms with E-state index in [1.807, 2.05) is 24.3 Å². The Morgan fingerprint density at radius 3 is 2.57 bits per heavy atom. The number of benzene rings is 2. The van der Waals surface area contributed by atoms with Crippen LogP contribution in [0.2, 0.25) is 0 Å². The number of nitrogens with zero attached hydrogens (tertiary/aromatic N) is 3. The maximum Gasteiger partial charge on any atom is 0.249 e. The van der Waals surface area contributed by atoms with Crippen molar-refractivity contribution in [2.45, 2.75) is 20.4 Å². The summed E-state index contributed by atoms with van der Waals surface area (Å²) in [4.78, 5) is 4.43. The second-order valence-corrected chi connectivity index (χ2v) is 5.50. The molecular weight excluding hydrogens is 286 g/mol. The summed E-state index contributed by atoms with van der Waals surface area (Å²) in [7, 11) is 0. The molecule has 2 N–H and O–H groups in total. The summed E-state index contributed by atoms with van der Waals surface area (Å²) in [6, 6.07) is 16.4. The standard InChI is InChI=1S/C18H19N5/c1-13-6-8-16(9-7-13)21-18-22-17(12-20-23-18)19-11-15-5-3-4-14(2)10-15/h3-10,12H,11H2,1-2H3,(H2,19,21,22,23). The summed E-state index contributed by atoms with van der Waals surface area (Å²) in [6.07, 6.45) is 1.62. The summed E-state index contributed by atoms with van der Waals surface area (Å²) < 4.78 is 0. The van der Waals surface area contributed by atoms with Crippen LogP contribution in [0.1, 0.15) is 16.7 Å². The van der Waals surface area contributed by atoms with E-state index in [1.54, 1.807) is 6.20 Å². The summed E-state index contributed by atoms with van der Waals surface area (Å²) in [6.45, 7) is 4.83. The number of hydrogen-bond donors (Lipinski definition) is 2. The fourth-order valence-electron chi connectivity index (χ4n) is 2.22. The summed E-state index contributed by atoms with van der Waals surface area (Å²) in [5.74, 6) is 1.17. The summed E-state index contributed by atoms with van der Waals surface area (Å²) in [5.41, 5.74) is 4.60. The van der Waals surface area contributed by atoms with Gasteiger partial charge in [-0.2, -0.15) is 10.1 Å². The van der Waals surface area contributed by atoms with Crippen LogP contribution < -0.4 is 10.6 Å². The van der Waals surface area contributed by atoms with E-state index < -0.39 is 0 Å². The Morgan fingerprint density at radius 2 is 1.78 bits per heavy atom. The Morgan fingerprint density at radius 1 is 0.957 bits per heavy atom. The van der Waals surface area contributed by atoms with Gasteiger partial charge in [0.2, 0.25) is 5.95 Å². The molecule has 0 saturated carbocycles. The number of anilines is 3. The van der Waals surface area contributed by atoms with Gasteiger partial charge in [0.25, 0.3) is 0 Å². The molecule has 0 radical (unpaired) electrons. The molecule has 0 unspecified atom stereocenters. The van der Waals surface area contributed by atoms with Crippen molar-refractivity contribution < 1.29 is 0 Å². The van der Waals surface area contributed by atoms with Gasteiger partial charge in [-0.3, -0.25) is 0 Å². The molecule has 0 bridgehead atoms. The van der Waals surface area contributed by atoms with Crippen LogP contribution in [-0.4, -0.2) is 15.2 Å². The molecule has 5 nitrogen and oxygen atoms in total. The minimum absolute atomic E-state index is 0.475. The summed E-state index contributed by atoms with van der Waals surface area (Å²) in [5, 5.41) is 14.4. The highest BCUT2D eigenvalue weighted by Crippen LogP contribution is 2.14. The van der Waals surface area contributed by atoms with Crippen LogP contribution in [0, 0.1) is 13.8 Å². The smallest absolute Gasteiger partial charge is 0.249 e. The molecule has 3 aromatic rings. The predicted molar refractivity (Wildman–Crippen MR) is 92.8 cm³/mol. The lowest BCUT2D eigenvalue weighted by Crippen LogP contribution is -2.05. The van der Waals surface area contributed by atoms with Gasteiger partial charge in [0.05, 0.1) is 6.20 Å². The normalized spacial score (nSPS) is 10.3. The first-order chi connectivity index (χ1) is 11.2. The first kappa shape index (κ1) is 15.0. The molecule has 0 saturated heterocycles. The van der Waals surface area contributed by atoms with Crippen molar-refractivity contribution in [1.82, 2.24) is 15.2 Å². The number of aryl methyl sites for hydroxylation is 2. The monoisotopic (exact) mass is 305 g/mol. The van der Waals surface area contributed by atoms with Crippen LogP contribution in [-0.2, 0) is 6.54 Å². The Bertz CT molecular complexity index is 783. The molecule has 5 heteroatoms. The Kier molecular flexibility index (Phi) is 4.47. The number of hydrogen-bond acceptors (Lipinski definition) is 5. The minimum Gasteiger partial charge on any atom is -0.365 e. The molecule has 0 aliphatic heterocycles. The highest BCUT2D eigenvalue weighted by atomic mass is 15.3. The Hall–Kier alpha value is -2.95.